The van der Waals surface area contributed by atoms with E-state index in [4.69, 9.17) is 0 Å². The van der Waals surface area contributed by atoms with Crippen LogP contribution in [0, 0.1) is 0 Å². The van der Waals surface area contributed by atoms with Gasteiger partial charge in [0.25, 0.3) is 0 Å². The summed E-state index contributed by atoms with van der Waals surface area (Å²) in [5.74, 6) is 0.235. The average Bonchev–Trinajstić information content (AvgIpc) is 2.79. The molecule has 1 atom stereocenters. The number of nitrogens with zero attached hydrogens (tertiary/aromatic N) is 2. The highest BCUT2D eigenvalue weighted by molar-refractivity contribution is 7.18. The van der Waals surface area contributed by atoms with Gasteiger partial charge >= 0.3 is 0 Å². The lowest BCUT2D eigenvalue weighted by Gasteiger charge is -2.33. The van der Waals surface area contributed by atoms with E-state index in [0.717, 1.165) is 21.6 Å². The van der Waals surface area contributed by atoms with E-state index in [9.17, 15) is 4.79 Å². The maximum Gasteiger partial charge on any atom is 0.159 e. The second-order valence-electron chi connectivity index (χ2n) is 5.20. The van der Waals surface area contributed by atoms with Crippen LogP contribution in [0.25, 0.3) is 10.2 Å². The van der Waals surface area contributed by atoms with Gasteiger partial charge in [-0.3, -0.25) is 9.69 Å². The van der Waals surface area contributed by atoms with E-state index in [1.807, 2.05) is 50.2 Å². The van der Waals surface area contributed by atoms with Crippen LogP contribution in [-0.2, 0) is 11.2 Å². The molecule has 0 aliphatic carbocycles. The van der Waals surface area contributed by atoms with Crippen molar-refractivity contribution in [3.63, 3.8) is 0 Å². The Bertz CT molecular complexity index is 558. The molecule has 1 unspecified atom stereocenters. The number of benzene rings is 1. The fourth-order valence-electron chi connectivity index (χ4n) is 2.09. The maximum atomic E-state index is 12.5. The van der Waals surface area contributed by atoms with Crippen LogP contribution in [0.2, 0.25) is 0 Å². The summed E-state index contributed by atoms with van der Waals surface area (Å²) >= 11 is 1.61. The Kier molecular flexibility index (Phi) is 4.02. The second kappa shape index (κ2) is 5.39. The van der Waals surface area contributed by atoms with Crippen molar-refractivity contribution in [3.8, 4) is 0 Å². The Morgan fingerprint density at radius 2 is 2.05 bits per heavy atom. The fraction of sp³-hybridized carbons (Fsp3) is 0.467. The molecule has 4 heteroatoms. The summed E-state index contributed by atoms with van der Waals surface area (Å²) in [6.45, 7) is 4.05. The van der Waals surface area contributed by atoms with Crippen LogP contribution in [0.15, 0.2) is 24.3 Å². The van der Waals surface area contributed by atoms with Crippen LogP contribution in [0.3, 0.4) is 0 Å². The lowest BCUT2D eigenvalue weighted by Crippen LogP contribution is -2.48. The minimum atomic E-state index is -0.405. The van der Waals surface area contributed by atoms with Gasteiger partial charge in [0, 0.05) is 0 Å². The molecule has 1 aromatic carbocycles. The molecule has 0 saturated carbocycles. The van der Waals surface area contributed by atoms with Gasteiger partial charge in [-0.2, -0.15) is 0 Å². The van der Waals surface area contributed by atoms with Crippen LogP contribution in [0.1, 0.15) is 25.3 Å². The van der Waals surface area contributed by atoms with Gasteiger partial charge in [0.05, 0.1) is 22.2 Å². The Hall–Kier alpha value is -1.26. The van der Waals surface area contributed by atoms with Crippen molar-refractivity contribution in [2.45, 2.75) is 32.2 Å². The van der Waals surface area contributed by atoms with Crippen LogP contribution in [0.4, 0.5) is 0 Å². The number of hydrogen-bond donors (Lipinski definition) is 0. The summed E-state index contributed by atoms with van der Waals surface area (Å²) in [5, 5.41) is 0.910. The molecule has 3 nitrogen and oxygen atoms in total. The Balaban J connectivity index is 2.23. The molecule has 0 bridgehead atoms. The summed E-state index contributed by atoms with van der Waals surface area (Å²) in [7, 11) is 3.92. The normalized spacial score (nSPS) is 14.8. The van der Waals surface area contributed by atoms with Crippen molar-refractivity contribution in [3.05, 3.63) is 29.3 Å². The Morgan fingerprint density at radius 3 is 2.63 bits per heavy atom. The third-order valence-corrected chi connectivity index (χ3v) is 4.96. The van der Waals surface area contributed by atoms with Crippen LogP contribution >= 0.6 is 11.3 Å². The van der Waals surface area contributed by atoms with Crippen LogP contribution < -0.4 is 0 Å². The van der Waals surface area contributed by atoms with Crippen molar-refractivity contribution in [2.24, 2.45) is 0 Å². The van der Waals surface area contributed by atoms with Gasteiger partial charge in [0.1, 0.15) is 5.01 Å². The number of para-hydroxylation sites is 1. The number of fused-ring (bicyclic) bond motifs is 1. The zero-order valence-corrected chi connectivity index (χ0v) is 12.8. The van der Waals surface area contributed by atoms with E-state index in [1.54, 1.807) is 11.3 Å². The SMILES string of the molecule is CCC(C)(C(=O)Cc1nc2ccccc2s1)N(C)C. The number of rotatable bonds is 5. The van der Waals surface area contributed by atoms with Gasteiger partial charge < -0.3 is 0 Å². The monoisotopic (exact) mass is 276 g/mol. The molecule has 0 radical (unpaired) electrons. The highest BCUT2D eigenvalue weighted by atomic mass is 32.1. The van der Waals surface area contributed by atoms with Gasteiger partial charge in [-0.25, -0.2) is 4.98 Å². The van der Waals surface area contributed by atoms with Crippen LogP contribution in [0.5, 0.6) is 0 Å². The van der Waals surface area contributed by atoms with E-state index in [0.29, 0.717) is 6.42 Å². The Labute approximate surface area is 118 Å². The standard InChI is InChI=1S/C15H20N2OS/c1-5-15(2,17(3)4)13(18)10-14-16-11-8-6-7-9-12(11)19-14/h6-9H,5,10H2,1-4H3. The van der Waals surface area contributed by atoms with Crippen molar-refractivity contribution >= 4 is 27.3 Å². The van der Waals surface area contributed by atoms with Gasteiger partial charge in [-0.05, 0) is 39.6 Å². The Morgan fingerprint density at radius 1 is 1.37 bits per heavy atom. The summed E-state index contributed by atoms with van der Waals surface area (Å²) < 4.78 is 1.15. The van der Waals surface area contributed by atoms with E-state index in [-0.39, 0.29) is 5.78 Å². The number of Topliss-reactive ketones (excluding diaryl/α,β-unsaturated/α-hetero) is 1. The molecule has 0 spiro atoms. The smallest absolute Gasteiger partial charge is 0.159 e. The number of carbonyl (C=O) groups excluding carboxylic acids is 1. The van der Waals surface area contributed by atoms with Crippen molar-refractivity contribution in [2.75, 3.05) is 14.1 Å². The average molecular weight is 276 g/mol. The lowest BCUT2D eigenvalue weighted by atomic mass is 9.90. The van der Waals surface area contributed by atoms with E-state index in [2.05, 4.69) is 11.9 Å². The molecule has 0 aliphatic rings. The summed E-state index contributed by atoms with van der Waals surface area (Å²) in [6.07, 6.45) is 1.23. The van der Waals surface area contributed by atoms with E-state index in [1.165, 1.54) is 0 Å². The van der Waals surface area contributed by atoms with E-state index >= 15 is 0 Å². The van der Waals surface area contributed by atoms with Crippen LogP contribution in [-0.4, -0.2) is 35.3 Å². The first kappa shape index (κ1) is 14.2. The minimum absolute atomic E-state index is 0.235. The molecule has 2 aromatic rings. The first-order valence-corrected chi connectivity index (χ1v) is 7.34. The van der Waals surface area contributed by atoms with Gasteiger partial charge in [-0.15, -0.1) is 11.3 Å². The predicted molar refractivity (Wildman–Crippen MR) is 80.7 cm³/mol. The third kappa shape index (κ3) is 2.69. The quantitative estimate of drug-likeness (QED) is 0.841. The van der Waals surface area contributed by atoms with Gasteiger partial charge in [-0.1, -0.05) is 19.1 Å². The first-order valence-electron chi connectivity index (χ1n) is 6.52. The molecule has 1 aromatic heterocycles. The molecular weight excluding hydrogens is 256 g/mol. The van der Waals surface area contributed by atoms with Crippen molar-refractivity contribution in [1.29, 1.82) is 0 Å². The van der Waals surface area contributed by atoms with Gasteiger partial charge in [0.15, 0.2) is 5.78 Å². The molecule has 0 N–H and O–H groups in total. The number of thiazole rings is 1. The molecule has 1 heterocycles. The van der Waals surface area contributed by atoms with Gasteiger partial charge in [0.2, 0.25) is 0 Å². The zero-order chi connectivity index (χ0) is 14.0. The largest absolute Gasteiger partial charge is 0.297 e. The number of carbonyl (C=O) groups is 1. The maximum absolute atomic E-state index is 12.5. The summed E-state index contributed by atoms with van der Waals surface area (Å²) in [4.78, 5) is 19.1. The molecule has 0 amide bonds. The molecule has 0 fully saturated rings. The molecular formula is C15H20N2OS. The fourth-order valence-corrected chi connectivity index (χ4v) is 3.05. The van der Waals surface area contributed by atoms with E-state index < -0.39 is 5.54 Å². The zero-order valence-electron chi connectivity index (χ0n) is 11.9. The molecule has 19 heavy (non-hydrogen) atoms. The summed E-state index contributed by atoms with van der Waals surface area (Å²) in [6, 6.07) is 8.02. The highest BCUT2D eigenvalue weighted by Crippen LogP contribution is 2.25. The number of aromatic nitrogens is 1. The predicted octanol–water partition coefficient (Wildman–Crippen LogP) is 3.14. The highest BCUT2D eigenvalue weighted by Gasteiger charge is 2.33. The van der Waals surface area contributed by atoms with Crippen molar-refractivity contribution in [1.82, 2.24) is 9.88 Å². The topological polar surface area (TPSA) is 33.2 Å². The molecule has 0 saturated heterocycles. The number of hydrogen-bond acceptors (Lipinski definition) is 4. The molecule has 2 rings (SSSR count). The second-order valence-corrected chi connectivity index (χ2v) is 6.31. The first-order chi connectivity index (χ1) is 8.97. The third-order valence-electron chi connectivity index (χ3n) is 3.93. The summed E-state index contributed by atoms with van der Waals surface area (Å²) in [5.41, 5.74) is 0.580. The molecule has 102 valence electrons. The minimum Gasteiger partial charge on any atom is -0.297 e. The number of likely N-dealkylation sites (N-methyl/N-ethyl adjacent to an activating group) is 1. The number of ketones is 1. The van der Waals surface area contributed by atoms with Crippen molar-refractivity contribution < 1.29 is 4.79 Å². The molecule has 0 aliphatic heterocycles. The lowest BCUT2D eigenvalue weighted by molar-refractivity contribution is -0.128.